The van der Waals surface area contributed by atoms with Crippen molar-refractivity contribution in [2.75, 3.05) is 39.3 Å². The summed E-state index contributed by atoms with van der Waals surface area (Å²) < 4.78 is 0. The molecule has 0 unspecified atom stereocenters. The summed E-state index contributed by atoms with van der Waals surface area (Å²) in [5.74, 6) is 0. The summed E-state index contributed by atoms with van der Waals surface area (Å²) in [6.07, 6.45) is 7.14. The standard InChI is InChI=1S/2C9H20N.Zn/c2*1-4-7-10(8-5-2)9-6-3;/h2*1,4-9H2,2-3H3;/q2*-1;+2. The van der Waals surface area contributed by atoms with Gasteiger partial charge in [-0.1, -0.05) is 27.7 Å². The zero-order chi connectivity index (χ0) is 15.6. The van der Waals surface area contributed by atoms with E-state index in [1.807, 2.05) is 0 Å². The van der Waals surface area contributed by atoms with Gasteiger partial charge in [-0.3, -0.25) is 0 Å². The van der Waals surface area contributed by atoms with Gasteiger partial charge in [0.2, 0.25) is 0 Å². The molecular formula is C18H40N2Zn. The Balaban J connectivity index is -0.000000295. The maximum atomic E-state index is 3.85. The van der Waals surface area contributed by atoms with E-state index in [9.17, 15) is 0 Å². The summed E-state index contributed by atoms with van der Waals surface area (Å²) in [5, 5.41) is 0. The summed E-state index contributed by atoms with van der Waals surface area (Å²) in [6.45, 7) is 23.9. The van der Waals surface area contributed by atoms with Crippen LogP contribution < -0.4 is 0 Å². The molecule has 0 radical (unpaired) electrons. The Kier molecular flexibility index (Phi) is 28.7. The molecule has 0 saturated carbocycles. The van der Waals surface area contributed by atoms with Crippen molar-refractivity contribution in [2.45, 2.75) is 66.2 Å². The van der Waals surface area contributed by atoms with Crippen molar-refractivity contribution in [3.63, 3.8) is 0 Å². The van der Waals surface area contributed by atoms with E-state index in [4.69, 9.17) is 0 Å². The number of nitrogens with zero attached hydrogens (tertiary/aromatic N) is 2. The first-order chi connectivity index (χ1) is 9.69. The first-order valence-corrected chi connectivity index (χ1v) is 8.73. The average Bonchev–Trinajstić information content (AvgIpc) is 2.41. The second-order valence-corrected chi connectivity index (χ2v) is 5.39. The van der Waals surface area contributed by atoms with Gasteiger partial charge in [0.15, 0.2) is 0 Å². The molecule has 3 heteroatoms. The van der Waals surface area contributed by atoms with Crippen LogP contribution >= 0.6 is 0 Å². The van der Waals surface area contributed by atoms with Crippen LogP contribution in [0.4, 0.5) is 0 Å². The van der Waals surface area contributed by atoms with Gasteiger partial charge in [-0.25, -0.2) is 0 Å². The smallest absolute Gasteiger partial charge is 0.342 e. The Morgan fingerprint density at radius 3 is 0.905 bits per heavy atom. The molecule has 0 aliphatic carbocycles. The minimum absolute atomic E-state index is 0. The van der Waals surface area contributed by atoms with Gasteiger partial charge in [0.1, 0.15) is 0 Å². The maximum absolute atomic E-state index is 3.85. The molecule has 0 aliphatic rings. The quantitative estimate of drug-likeness (QED) is 0.373. The van der Waals surface area contributed by atoms with E-state index >= 15 is 0 Å². The fraction of sp³-hybridized carbons (Fsp3) is 0.889. The predicted octanol–water partition coefficient (Wildman–Crippen LogP) is 4.66. The van der Waals surface area contributed by atoms with Crippen molar-refractivity contribution in [1.82, 2.24) is 9.80 Å². The van der Waals surface area contributed by atoms with Gasteiger partial charge in [0, 0.05) is 0 Å². The molecule has 0 aromatic carbocycles. The third-order valence-electron chi connectivity index (χ3n) is 3.11. The molecule has 0 aliphatic heterocycles. The van der Waals surface area contributed by atoms with Gasteiger partial charge in [-0.15, -0.1) is 0 Å². The SMILES string of the molecule is [CH2-]CCN(CCC)CCC.[CH2-]CCN(CCC)CCC.[Zn+2]. The fourth-order valence-electron chi connectivity index (χ4n) is 2.38. The maximum Gasteiger partial charge on any atom is 2.00 e. The second kappa shape index (κ2) is 22.8. The molecular weight excluding hydrogens is 310 g/mol. The van der Waals surface area contributed by atoms with Crippen molar-refractivity contribution < 1.29 is 19.5 Å². The van der Waals surface area contributed by atoms with Crippen LogP contribution in [-0.4, -0.2) is 49.1 Å². The van der Waals surface area contributed by atoms with Crippen molar-refractivity contribution in [3.05, 3.63) is 13.8 Å². The van der Waals surface area contributed by atoms with Crippen molar-refractivity contribution in [2.24, 2.45) is 0 Å². The molecule has 21 heavy (non-hydrogen) atoms. The van der Waals surface area contributed by atoms with Gasteiger partial charge in [0.25, 0.3) is 0 Å². The summed E-state index contributed by atoms with van der Waals surface area (Å²) in [5.41, 5.74) is 0. The zero-order valence-corrected chi connectivity index (χ0v) is 18.5. The Morgan fingerprint density at radius 1 is 0.524 bits per heavy atom. The Bertz CT molecular complexity index is 119. The molecule has 0 saturated heterocycles. The molecule has 0 rings (SSSR count). The predicted molar refractivity (Wildman–Crippen MR) is 94.0 cm³/mol. The molecule has 0 fully saturated rings. The molecule has 0 N–H and O–H groups in total. The normalized spacial score (nSPS) is 10.3. The average molecular weight is 350 g/mol. The van der Waals surface area contributed by atoms with E-state index < -0.39 is 0 Å². The molecule has 0 aromatic heterocycles. The monoisotopic (exact) mass is 348 g/mol. The van der Waals surface area contributed by atoms with Crippen LogP contribution in [0, 0.1) is 13.8 Å². The zero-order valence-electron chi connectivity index (χ0n) is 15.5. The van der Waals surface area contributed by atoms with E-state index in [1.54, 1.807) is 0 Å². The van der Waals surface area contributed by atoms with Gasteiger partial charge >= 0.3 is 19.5 Å². The number of hydrogen-bond acceptors (Lipinski definition) is 2. The third-order valence-corrected chi connectivity index (χ3v) is 3.11. The number of hydrogen-bond donors (Lipinski definition) is 0. The van der Waals surface area contributed by atoms with Gasteiger partial charge in [0.05, 0.1) is 0 Å². The summed E-state index contributed by atoms with van der Waals surface area (Å²) in [4.78, 5) is 4.96. The van der Waals surface area contributed by atoms with Crippen molar-refractivity contribution in [1.29, 1.82) is 0 Å². The van der Waals surface area contributed by atoms with E-state index in [0.29, 0.717) is 0 Å². The Morgan fingerprint density at radius 2 is 0.762 bits per heavy atom. The third kappa shape index (κ3) is 20.5. The van der Waals surface area contributed by atoms with Crippen LogP contribution in [0.2, 0.25) is 0 Å². The van der Waals surface area contributed by atoms with E-state index in [-0.39, 0.29) is 19.5 Å². The topological polar surface area (TPSA) is 6.48 Å². The van der Waals surface area contributed by atoms with Gasteiger partial charge in [-0.05, 0) is 65.0 Å². The summed E-state index contributed by atoms with van der Waals surface area (Å²) in [7, 11) is 0. The minimum atomic E-state index is 0. The Labute approximate surface area is 148 Å². The first-order valence-electron chi connectivity index (χ1n) is 8.73. The molecule has 0 amide bonds. The largest absolute Gasteiger partial charge is 2.00 e. The van der Waals surface area contributed by atoms with Crippen molar-refractivity contribution >= 4 is 0 Å². The molecule has 0 heterocycles. The Hall–Kier alpha value is 0.543. The van der Waals surface area contributed by atoms with Crippen molar-refractivity contribution in [3.8, 4) is 0 Å². The number of rotatable bonds is 12. The molecule has 0 atom stereocenters. The molecule has 0 aromatic rings. The van der Waals surface area contributed by atoms with Crippen LogP contribution in [0.1, 0.15) is 66.2 Å². The van der Waals surface area contributed by atoms with Crippen LogP contribution in [0.3, 0.4) is 0 Å². The molecule has 124 valence electrons. The van der Waals surface area contributed by atoms with E-state index in [2.05, 4.69) is 51.3 Å². The van der Waals surface area contributed by atoms with Gasteiger partial charge < -0.3 is 23.6 Å². The fourth-order valence-corrected chi connectivity index (χ4v) is 2.38. The van der Waals surface area contributed by atoms with E-state index in [0.717, 1.165) is 12.8 Å². The summed E-state index contributed by atoms with van der Waals surface area (Å²) >= 11 is 0. The van der Waals surface area contributed by atoms with E-state index in [1.165, 1.54) is 65.0 Å². The van der Waals surface area contributed by atoms with Crippen LogP contribution in [0.5, 0.6) is 0 Å². The van der Waals surface area contributed by atoms with Crippen LogP contribution in [0.15, 0.2) is 0 Å². The minimum Gasteiger partial charge on any atom is -0.342 e. The first kappa shape index (κ1) is 26.4. The second-order valence-electron chi connectivity index (χ2n) is 5.39. The van der Waals surface area contributed by atoms with Crippen LogP contribution in [0.25, 0.3) is 0 Å². The van der Waals surface area contributed by atoms with Crippen LogP contribution in [-0.2, 0) is 19.5 Å². The van der Waals surface area contributed by atoms with Gasteiger partial charge in [-0.2, -0.15) is 12.8 Å². The molecule has 2 nitrogen and oxygen atoms in total. The molecule has 0 spiro atoms. The molecule has 0 bridgehead atoms. The summed E-state index contributed by atoms with van der Waals surface area (Å²) in [6, 6.07) is 0.